The Balaban J connectivity index is 1.89. The molecule has 0 N–H and O–H groups in total. The molecule has 0 unspecified atom stereocenters. The molecule has 0 atom stereocenters. The largest absolute Gasteiger partial charge is 0.484 e. The fourth-order valence-electron chi connectivity index (χ4n) is 1.40. The second-order valence-electron chi connectivity index (χ2n) is 3.59. The molecular formula is C11H15N3OS. The number of hydrogen-bond acceptors (Lipinski definition) is 4. The van der Waals surface area contributed by atoms with Crippen molar-refractivity contribution in [1.82, 2.24) is 14.8 Å². The maximum absolute atomic E-state index is 5.59. The van der Waals surface area contributed by atoms with Crippen LogP contribution in [0, 0.1) is 6.92 Å². The van der Waals surface area contributed by atoms with Gasteiger partial charge in [0.1, 0.15) is 6.61 Å². The van der Waals surface area contributed by atoms with E-state index in [0.717, 1.165) is 29.4 Å². The number of nitrogens with zero attached hydrogens (tertiary/aromatic N) is 3. The molecule has 0 aliphatic heterocycles. The molecule has 2 aromatic rings. The highest BCUT2D eigenvalue weighted by Crippen LogP contribution is 2.13. The maximum Gasteiger partial charge on any atom is 0.157 e. The van der Waals surface area contributed by atoms with E-state index in [1.54, 1.807) is 17.5 Å². The Morgan fingerprint density at radius 2 is 2.38 bits per heavy atom. The van der Waals surface area contributed by atoms with Gasteiger partial charge >= 0.3 is 0 Å². The van der Waals surface area contributed by atoms with E-state index in [0.29, 0.717) is 6.61 Å². The average Bonchev–Trinajstić information content (AvgIpc) is 2.85. The van der Waals surface area contributed by atoms with Crippen LogP contribution in [-0.4, -0.2) is 14.8 Å². The van der Waals surface area contributed by atoms with Crippen LogP contribution in [0.15, 0.2) is 17.8 Å². The molecule has 0 saturated carbocycles. The van der Waals surface area contributed by atoms with E-state index < -0.39 is 0 Å². The van der Waals surface area contributed by atoms with Crippen molar-refractivity contribution in [2.75, 3.05) is 0 Å². The van der Waals surface area contributed by atoms with Crippen molar-refractivity contribution in [1.29, 1.82) is 0 Å². The Kier molecular flexibility index (Phi) is 3.56. The van der Waals surface area contributed by atoms with Gasteiger partial charge in [0.05, 0.1) is 23.1 Å². The third-order valence-electron chi connectivity index (χ3n) is 2.12. The van der Waals surface area contributed by atoms with Gasteiger partial charge in [-0.2, -0.15) is 5.10 Å². The van der Waals surface area contributed by atoms with Gasteiger partial charge in [0.25, 0.3) is 0 Å². The predicted molar refractivity (Wildman–Crippen MR) is 63.7 cm³/mol. The van der Waals surface area contributed by atoms with Crippen molar-refractivity contribution >= 4 is 11.3 Å². The summed E-state index contributed by atoms with van der Waals surface area (Å²) in [5.74, 6) is 0.805. The normalized spacial score (nSPS) is 10.6. The molecule has 0 spiro atoms. The van der Waals surface area contributed by atoms with Crippen molar-refractivity contribution in [2.24, 2.45) is 0 Å². The van der Waals surface area contributed by atoms with Gasteiger partial charge in [0.15, 0.2) is 5.75 Å². The molecule has 86 valence electrons. The summed E-state index contributed by atoms with van der Waals surface area (Å²) in [6.45, 7) is 5.56. The minimum atomic E-state index is 0.516. The van der Waals surface area contributed by atoms with Crippen molar-refractivity contribution in [2.45, 2.75) is 33.4 Å². The topological polar surface area (TPSA) is 39.9 Å². The van der Waals surface area contributed by atoms with Gasteiger partial charge in [0, 0.05) is 11.9 Å². The molecule has 0 aliphatic carbocycles. The summed E-state index contributed by atoms with van der Waals surface area (Å²) in [6, 6.07) is 0. The van der Waals surface area contributed by atoms with Crippen LogP contribution in [0.3, 0.4) is 0 Å². The van der Waals surface area contributed by atoms with Crippen LogP contribution in [-0.2, 0) is 13.2 Å². The van der Waals surface area contributed by atoms with Gasteiger partial charge in [-0.1, -0.05) is 6.92 Å². The quantitative estimate of drug-likeness (QED) is 0.802. The first kappa shape index (κ1) is 11.1. The Bertz CT molecular complexity index is 450. The van der Waals surface area contributed by atoms with E-state index in [4.69, 9.17) is 4.74 Å². The Labute approximate surface area is 98.9 Å². The first-order valence-electron chi connectivity index (χ1n) is 5.34. The zero-order valence-electron chi connectivity index (χ0n) is 9.51. The van der Waals surface area contributed by atoms with E-state index in [2.05, 4.69) is 17.0 Å². The highest BCUT2D eigenvalue weighted by molar-refractivity contribution is 7.09. The smallest absolute Gasteiger partial charge is 0.157 e. The van der Waals surface area contributed by atoms with Crippen LogP contribution in [0.5, 0.6) is 5.75 Å². The molecule has 16 heavy (non-hydrogen) atoms. The molecular weight excluding hydrogens is 222 g/mol. The van der Waals surface area contributed by atoms with Crippen LogP contribution < -0.4 is 4.74 Å². The van der Waals surface area contributed by atoms with Gasteiger partial charge in [0.2, 0.25) is 0 Å². The van der Waals surface area contributed by atoms with Crippen molar-refractivity contribution in [3.63, 3.8) is 0 Å². The Morgan fingerprint density at radius 3 is 3.06 bits per heavy atom. The highest BCUT2D eigenvalue weighted by atomic mass is 32.1. The lowest BCUT2D eigenvalue weighted by molar-refractivity contribution is 0.301. The van der Waals surface area contributed by atoms with Crippen molar-refractivity contribution in [3.05, 3.63) is 28.5 Å². The standard InChI is InChI=1S/C11H15N3OS/c1-3-4-14-6-11(5-12-14)15-7-10-8-16-9(2)13-10/h5-6,8H,3-4,7H2,1-2H3. The number of rotatable bonds is 5. The van der Waals surface area contributed by atoms with Crippen LogP contribution in [0.4, 0.5) is 0 Å². The second kappa shape index (κ2) is 5.12. The van der Waals surface area contributed by atoms with Gasteiger partial charge in [-0.15, -0.1) is 11.3 Å². The summed E-state index contributed by atoms with van der Waals surface area (Å²) in [7, 11) is 0. The summed E-state index contributed by atoms with van der Waals surface area (Å²) in [4.78, 5) is 4.34. The van der Waals surface area contributed by atoms with E-state index in [1.165, 1.54) is 0 Å². The molecule has 0 fully saturated rings. The molecule has 5 heteroatoms. The van der Waals surface area contributed by atoms with E-state index in [9.17, 15) is 0 Å². The first-order valence-corrected chi connectivity index (χ1v) is 6.22. The van der Waals surface area contributed by atoms with E-state index >= 15 is 0 Å². The SMILES string of the molecule is CCCn1cc(OCc2csc(C)n2)cn1. The van der Waals surface area contributed by atoms with Gasteiger partial charge < -0.3 is 4.74 Å². The average molecular weight is 237 g/mol. The fraction of sp³-hybridized carbons (Fsp3) is 0.455. The lowest BCUT2D eigenvalue weighted by Gasteiger charge is -1.99. The van der Waals surface area contributed by atoms with E-state index in [1.807, 2.05) is 23.2 Å². The summed E-state index contributed by atoms with van der Waals surface area (Å²) < 4.78 is 7.48. The van der Waals surface area contributed by atoms with Gasteiger partial charge in [-0.05, 0) is 13.3 Å². The highest BCUT2D eigenvalue weighted by Gasteiger charge is 2.02. The minimum Gasteiger partial charge on any atom is -0.484 e. The minimum absolute atomic E-state index is 0.516. The third kappa shape index (κ3) is 2.82. The molecule has 4 nitrogen and oxygen atoms in total. The Morgan fingerprint density at radius 1 is 1.50 bits per heavy atom. The van der Waals surface area contributed by atoms with E-state index in [-0.39, 0.29) is 0 Å². The summed E-state index contributed by atoms with van der Waals surface area (Å²) >= 11 is 1.64. The summed E-state index contributed by atoms with van der Waals surface area (Å²) in [6.07, 6.45) is 4.74. The summed E-state index contributed by atoms with van der Waals surface area (Å²) in [5, 5.41) is 7.29. The Hall–Kier alpha value is -1.36. The number of ether oxygens (including phenoxy) is 1. The molecule has 0 amide bonds. The molecule has 2 heterocycles. The predicted octanol–water partition coefficient (Wildman–Crippen LogP) is 2.64. The molecule has 0 radical (unpaired) electrons. The third-order valence-corrected chi connectivity index (χ3v) is 2.94. The second-order valence-corrected chi connectivity index (χ2v) is 4.65. The molecule has 0 bridgehead atoms. The number of hydrogen-bond donors (Lipinski definition) is 0. The molecule has 2 aromatic heterocycles. The van der Waals surface area contributed by atoms with Crippen LogP contribution in [0.1, 0.15) is 24.0 Å². The van der Waals surface area contributed by atoms with Crippen LogP contribution in [0.2, 0.25) is 0 Å². The van der Waals surface area contributed by atoms with Crippen molar-refractivity contribution < 1.29 is 4.74 Å². The first-order chi connectivity index (χ1) is 7.78. The maximum atomic E-state index is 5.59. The van der Waals surface area contributed by atoms with Crippen LogP contribution in [0.25, 0.3) is 0 Å². The zero-order chi connectivity index (χ0) is 11.4. The number of aryl methyl sites for hydroxylation is 2. The lowest BCUT2D eigenvalue weighted by atomic mass is 10.5. The number of aromatic nitrogens is 3. The fourth-order valence-corrected chi connectivity index (χ4v) is 2.00. The monoisotopic (exact) mass is 237 g/mol. The number of thiazole rings is 1. The molecule has 0 aliphatic rings. The molecule has 0 aromatic carbocycles. The van der Waals surface area contributed by atoms with Crippen molar-refractivity contribution in [3.8, 4) is 5.75 Å². The zero-order valence-corrected chi connectivity index (χ0v) is 10.3. The lowest BCUT2D eigenvalue weighted by Crippen LogP contribution is -1.96. The van der Waals surface area contributed by atoms with Gasteiger partial charge in [-0.3, -0.25) is 4.68 Å². The summed E-state index contributed by atoms with van der Waals surface area (Å²) in [5.41, 5.74) is 0.978. The molecule has 2 rings (SSSR count). The van der Waals surface area contributed by atoms with Crippen LogP contribution >= 0.6 is 11.3 Å². The van der Waals surface area contributed by atoms with Gasteiger partial charge in [-0.25, -0.2) is 4.98 Å². The molecule has 0 saturated heterocycles.